The van der Waals surface area contributed by atoms with Crippen LogP contribution in [0.4, 0.5) is 4.39 Å². The van der Waals surface area contributed by atoms with E-state index in [1.165, 1.54) is 6.07 Å². The first kappa shape index (κ1) is 13.3. The van der Waals surface area contributed by atoms with Crippen LogP contribution < -0.4 is 0 Å². The van der Waals surface area contributed by atoms with Gasteiger partial charge in [0, 0.05) is 6.42 Å². The highest BCUT2D eigenvalue weighted by Crippen LogP contribution is 2.35. The zero-order valence-corrected chi connectivity index (χ0v) is 11.4. The Morgan fingerprint density at radius 1 is 1.33 bits per heavy atom. The van der Waals surface area contributed by atoms with Crippen LogP contribution in [0.15, 0.2) is 29.8 Å². The highest BCUT2D eigenvalue weighted by molar-refractivity contribution is 6.30. The highest BCUT2D eigenvalue weighted by atomic mass is 35.5. The van der Waals surface area contributed by atoms with Gasteiger partial charge in [-0.1, -0.05) is 37.1 Å². The number of carbonyl (C=O) groups is 1. The first-order valence-corrected chi connectivity index (χ1v) is 6.40. The fourth-order valence-electron chi connectivity index (χ4n) is 2.50. The predicted molar refractivity (Wildman–Crippen MR) is 71.2 cm³/mol. The molecule has 0 aliphatic heterocycles. The van der Waals surface area contributed by atoms with Crippen LogP contribution in [0.5, 0.6) is 0 Å². The third-order valence-corrected chi connectivity index (χ3v) is 3.45. The Hall–Kier alpha value is -1.15. The van der Waals surface area contributed by atoms with E-state index in [1.54, 1.807) is 18.2 Å². The van der Waals surface area contributed by atoms with Crippen molar-refractivity contribution >= 4 is 17.4 Å². The van der Waals surface area contributed by atoms with Crippen LogP contribution in [0.2, 0.25) is 5.02 Å². The van der Waals surface area contributed by atoms with Crippen molar-refractivity contribution in [2.75, 3.05) is 0 Å². The van der Waals surface area contributed by atoms with Gasteiger partial charge in [0.15, 0.2) is 5.78 Å². The van der Waals surface area contributed by atoms with Gasteiger partial charge in [0.2, 0.25) is 0 Å². The van der Waals surface area contributed by atoms with Gasteiger partial charge >= 0.3 is 0 Å². The quantitative estimate of drug-likeness (QED) is 0.778. The summed E-state index contributed by atoms with van der Waals surface area (Å²) in [4.78, 5) is 11.6. The minimum atomic E-state index is -0.406. The van der Waals surface area contributed by atoms with E-state index < -0.39 is 5.82 Å². The van der Waals surface area contributed by atoms with E-state index in [9.17, 15) is 9.18 Å². The molecule has 0 aromatic heterocycles. The fraction of sp³-hybridized carbons (Fsp3) is 0.400. The van der Waals surface area contributed by atoms with Crippen LogP contribution in [0.25, 0.3) is 0 Å². The molecule has 0 heterocycles. The molecule has 1 nitrogen and oxygen atoms in total. The van der Waals surface area contributed by atoms with Gasteiger partial charge in [-0.05, 0) is 42.0 Å². The molecule has 0 unspecified atom stereocenters. The summed E-state index contributed by atoms with van der Waals surface area (Å²) in [7, 11) is 0. The summed E-state index contributed by atoms with van der Waals surface area (Å²) in [5.41, 5.74) is 1.93. The first-order chi connectivity index (χ1) is 8.35. The van der Waals surface area contributed by atoms with Gasteiger partial charge in [-0.25, -0.2) is 4.39 Å². The molecule has 0 atom stereocenters. The first-order valence-electron chi connectivity index (χ1n) is 6.02. The lowest BCUT2D eigenvalue weighted by Gasteiger charge is -2.28. The van der Waals surface area contributed by atoms with Crippen molar-refractivity contribution in [3.8, 4) is 0 Å². The smallest absolute Gasteiger partial charge is 0.156 e. The van der Waals surface area contributed by atoms with Crippen molar-refractivity contribution in [1.29, 1.82) is 0 Å². The molecule has 1 aliphatic carbocycles. The summed E-state index contributed by atoms with van der Waals surface area (Å²) in [6.07, 6.45) is 3.79. The Morgan fingerprint density at radius 2 is 2.06 bits per heavy atom. The molecule has 2 rings (SSSR count). The van der Waals surface area contributed by atoms with E-state index in [1.807, 2.05) is 0 Å². The molecular formula is C15H16ClFO. The summed E-state index contributed by atoms with van der Waals surface area (Å²) in [6.45, 7) is 4.17. The van der Waals surface area contributed by atoms with Gasteiger partial charge in [0.05, 0.1) is 5.02 Å². The van der Waals surface area contributed by atoms with Crippen LogP contribution in [0.3, 0.4) is 0 Å². The summed E-state index contributed by atoms with van der Waals surface area (Å²) >= 11 is 5.65. The second-order valence-electron chi connectivity index (χ2n) is 5.71. The van der Waals surface area contributed by atoms with E-state index in [0.29, 0.717) is 12.8 Å². The van der Waals surface area contributed by atoms with Gasteiger partial charge in [-0.2, -0.15) is 0 Å². The predicted octanol–water partition coefficient (Wildman–Crippen LogP) is 4.34. The molecule has 18 heavy (non-hydrogen) atoms. The van der Waals surface area contributed by atoms with Crippen molar-refractivity contribution < 1.29 is 9.18 Å². The lowest BCUT2D eigenvalue weighted by Crippen LogP contribution is -2.22. The molecule has 0 bridgehead atoms. The average molecular weight is 267 g/mol. The minimum Gasteiger partial charge on any atom is -0.295 e. The summed E-state index contributed by atoms with van der Waals surface area (Å²) in [5.74, 6) is -0.244. The zero-order chi connectivity index (χ0) is 13.3. The third kappa shape index (κ3) is 3.20. The number of carbonyl (C=O) groups excluding carboxylic acids is 1. The standard InChI is InChI=1S/C15H16ClFO/c1-15(2)8-11(6-12(18)9-15)5-10-3-4-13(16)14(17)7-10/h3-4,6-7H,5,8-9H2,1-2H3. The number of ketones is 1. The molecule has 0 N–H and O–H groups in total. The normalized spacial score (nSPS) is 18.7. The number of hydrogen-bond donors (Lipinski definition) is 0. The van der Waals surface area contributed by atoms with E-state index in [2.05, 4.69) is 13.8 Å². The molecule has 1 aliphatic rings. The van der Waals surface area contributed by atoms with Crippen molar-refractivity contribution in [3.05, 3.63) is 46.3 Å². The Labute approximate surface area is 112 Å². The second-order valence-corrected chi connectivity index (χ2v) is 6.12. The Morgan fingerprint density at radius 3 is 2.67 bits per heavy atom. The second kappa shape index (κ2) is 4.85. The largest absolute Gasteiger partial charge is 0.295 e. The lowest BCUT2D eigenvalue weighted by molar-refractivity contribution is -0.117. The minimum absolute atomic E-state index is 0.00609. The lowest BCUT2D eigenvalue weighted by atomic mass is 9.75. The van der Waals surface area contributed by atoms with Gasteiger partial charge in [-0.3, -0.25) is 4.79 Å². The number of allylic oxidation sites excluding steroid dienone is 2. The maximum atomic E-state index is 13.3. The molecule has 0 saturated carbocycles. The number of benzene rings is 1. The molecule has 3 heteroatoms. The van der Waals surface area contributed by atoms with Gasteiger partial charge in [-0.15, -0.1) is 0 Å². The summed E-state index contributed by atoms with van der Waals surface area (Å²) < 4.78 is 13.3. The molecule has 0 amide bonds. The monoisotopic (exact) mass is 266 g/mol. The van der Waals surface area contributed by atoms with Crippen LogP contribution in [0.1, 0.15) is 32.3 Å². The van der Waals surface area contributed by atoms with Crippen molar-refractivity contribution in [2.24, 2.45) is 5.41 Å². The fourth-order valence-corrected chi connectivity index (χ4v) is 2.62. The maximum absolute atomic E-state index is 13.3. The Bertz CT molecular complexity index is 517. The van der Waals surface area contributed by atoms with Crippen LogP contribution >= 0.6 is 11.6 Å². The number of halogens is 2. The van der Waals surface area contributed by atoms with Crippen LogP contribution in [-0.2, 0) is 11.2 Å². The third-order valence-electron chi connectivity index (χ3n) is 3.14. The molecule has 0 spiro atoms. The molecule has 0 saturated heterocycles. The van der Waals surface area contributed by atoms with Crippen LogP contribution in [-0.4, -0.2) is 5.78 Å². The summed E-state index contributed by atoms with van der Waals surface area (Å²) in [5, 5.41) is 0.132. The Kier molecular flexibility index (Phi) is 3.58. The molecule has 1 aromatic rings. The SMILES string of the molecule is CC1(C)CC(=O)C=C(Cc2ccc(Cl)c(F)c2)C1. The molecule has 0 fully saturated rings. The Balaban J connectivity index is 2.18. The van der Waals surface area contributed by atoms with Crippen LogP contribution in [0, 0.1) is 11.2 Å². The molecule has 0 radical (unpaired) electrons. The van der Waals surface area contributed by atoms with E-state index in [0.717, 1.165) is 17.6 Å². The zero-order valence-electron chi connectivity index (χ0n) is 10.6. The molecule has 96 valence electrons. The van der Waals surface area contributed by atoms with E-state index >= 15 is 0 Å². The van der Waals surface area contributed by atoms with Crippen molar-refractivity contribution in [3.63, 3.8) is 0 Å². The van der Waals surface area contributed by atoms with E-state index in [4.69, 9.17) is 11.6 Å². The number of rotatable bonds is 2. The molecule has 1 aromatic carbocycles. The van der Waals surface area contributed by atoms with Gasteiger partial charge in [0.25, 0.3) is 0 Å². The number of hydrogen-bond acceptors (Lipinski definition) is 1. The summed E-state index contributed by atoms with van der Waals surface area (Å²) in [6, 6.07) is 4.80. The highest BCUT2D eigenvalue weighted by Gasteiger charge is 2.27. The average Bonchev–Trinajstić information content (AvgIpc) is 2.20. The van der Waals surface area contributed by atoms with Crippen molar-refractivity contribution in [1.82, 2.24) is 0 Å². The molecular weight excluding hydrogens is 251 g/mol. The maximum Gasteiger partial charge on any atom is 0.156 e. The topological polar surface area (TPSA) is 17.1 Å². The van der Waals surface area contributed by atoms with E-state index in [-0.39, 0.29) is 16.2 Å². The van der Waals surface area contributed by atoms with Gasteiger partial charge < -0.3 is 0 Å². The van der Waals surface area contributed by atoms with Gasteiger partial charge in [0.1, 0.15) is 5.82 Å². The van der Waals surface area contributed by atoms with Crippen molar-refractivity contribution in [2.45, 2.75) is 33.1 Å².